The molecule has 1 rings (SSSR count). The summed E-state index contributed by atoms with van der Waals surface area (Å²) in [5, 5.41) is 26.7. The van der Waals surface area contributed by atoms with Crippen LogP contribution in [0.15, 0.2) is 29.2 Å². The third-order valence-electron chi connectivity index (χ3n) is 2.58. The third kappa shape index (κ3) is 4.97. The number of carbonyl (C=O) groups is 1. The minimum absolute atomic E-state index is 0.0988. The highest BCUT2D eigenvalue weighted by molar-refractivity contribution is 7.89. The molecule has 0 saturated heterocycles. The Morgan fingerprint density at radius 3 is 2.19 bits per heavy atom. The molecule has 0 atom stereocenters. The second-order valence-electron chi connectivity index (χ2n) is 4.64. The number of aliphatic hydroxyl groups is 2. The first kappa shape index (κ1) is 17.4. The number of benzene rings is 1. The number of hydrogen-bond donors (Lipinski definition) is 4. The lowest BCUT2D eigenvalue weighted by Gasteiger charge is -2.25. The molecule has 0 amide bonds. The van der Waals surface area contributed by atoms with Crippen LogP contribution >= 0.6 is 0 Å². The van der Waals surface area contributed by atoms with E-state index < -0.39 is 41.4 Å². The van der Waals surface area contributed by atoms with Gasteiger partial charge in [-0.3, -0.25) is 0 Å². The number of aliphatic hydroxyl groups excluding tert-OH is 2. The fourth-order valence-corrected chi connectivity index (χ4v) is 2.75. The van der Waals surface area contributed by atoms with Gasteiger partial charge in [-0.1, -0.05) is 0 Å². The number of rotatable bonds is 8. The maximum Gasteiger partial charge on any atom is 0.341 e. The fraction of sp³-hybridized carbons (Fsp3) is 0.417. The number of carboxylic acid groups (broad SMARTS) is 1. The van der Waals surface area contributed by atoms with Gasteiger partial charge in [-0.25, -0.2) is 17.9 Å². The molecule has 0 radical (unpaired) electrons. The SMILES string of the molecule is CC(CO)(CO)NS(=O)(=O)c1ccc(OCC(=O)O)cc1. The van der Waals surface area contributed by atoms with Crippen molar-refractivity contribution >= 4 is 16.0 Å². The molecule has 0 aliphatic rings. The van der Waals surface area contributed by atoms with Crippen LogP contribution in [0.5, 0.6) is 5.75 Å². The summed E-state index contributed by atoms with van der Waals surface area (Å²) < 4.78 is 31.2. The zero-order valence-electron chi connectivity index (χ0n) is 11.3. The van der Waals surface area contributed by atoms with Crippen LogP contribution in [-0.2, 0) is 14.8 Å². The largest absolute Gasteiger partial charge is 0.482 e. The molecule has 21 heavy (non-hydrogen) atoms. The second-order valence-corrected chi connectivity index (χ2v) is 6.32. The molecule has 0 bridgehead atoms. The molecular formula is C12H17NO7S. The molecule has 4 N–H and O–H groups in total. The van der Waals surface area contributed by atoms with Gasteiger partial charge < -0.3 is 20.1 Å². The number of ether oxygens (including phenoxy) is 1. The van der Waals surface area contributed by atoms with Gasteiger partial charge in [0.1, 0.15) is 5.75 Å². The molecule has 8 nitrogen and oxygen atoms in total. The summed E-state index contributed by atoms with van der Waals surface area (Å²) in [5.74, 6) is -0.932. The van der Waals surface area contributed by atoms with Crippen molar-refractivity contribution in [1.29, 1.82) is 0 Å². The first-order valence-corrected chi connectivity index (χ1v) is 7.41. The quantitative estimate of drug-likeness (QED) is 0.491. The Bertz CT molecular complexity index is 578. The van der Waals surface area contributed by atoms with Gasteiger partial charge in [-0.2, -0.15) is 0 Å². The van der Waals surface area contributed by atoms with Crippen LogP contribution in [0.3, 0.4) is 0 Å². The maximum atomic E-state index is 12.1. The highest BCUT2D eigenvalue weighted by atomic mass is 32.2. The molecule has 0 saturated carbocycles. The zero-order valence-corrected chi connectivity index (χ0v) is 12.1. The predicted molar refractivity (Wildman–Crippen MR) is 72.5 cm³/mol. The van der Waals surface area contributed by atoms with Gasteiger partial charge in [0.15, 0.2) is 6.61 Å². The van der Waals surface area contributed by atoms with Gasteiger partial charge in [0.05, 0.1) is 23.6 Å². The number of hydrogen-bond acceptors (Lipinski definition) is 6. The number of carboxylic acids is 1. The second kappa shape index (κ2) is 6.85. The highest BCUT2D eigenvalue weighted by Crippen LogP contribution is 2.17. The van der Waals surface area contributed by atoms with Gasteiger partial charge >= 0.3 is 5.97 Å². The molecule has 0 unspecified atom stereocenters. The molecule has 0 aliphatic carbocycles. The van der Waals surface area contributed by atoms with Crippen molar-refractivity contribution in [3.8, 4) is 5.75 Å². The van der Waals surface area contributed by atoms with Gasteiger partial charge in [-0.05, 0) is 31.2 Å². The Labute approximate surface area is 122 Å². The van der Waals surface area contributed by atoms with Crippen molar-refractivity contribution in [1.82, 2.24) is 4.72 Å². The lowest BCUT2D eigenvalue weighted by atomic mass is 10.1. The van der Waals surface area contributed by atoms with Crippen LogP contribution < -0.4 is 9.46 Å². The maximum absolute atomic E-state index is 12.1. The van der Waals surface area contributed by atoms with E-state index in [0.29, 0.717) is 0 Å². The summed E-state index contributed by atoms with van der Waals surface area (Å²) >= 11 is 0. The number of aliphatic carboxylic acids is 1. The van der Waals surface area contributed by atoms with Crippen molar-refractivity contribution in [3.63, 3.8) is 0 Å². The summed E-state index contributed by atoms with van der Waals surface area (Å²) in [6, 6.07) is 5.09. The Morgan fingerprint density at radius 2 is 1.76 bits per heavy atom. The van der Waals surface area contributed by atoms with Gasteiger partial charge in [0.25, 0.3) is 0 Å². The van der Waals surface area contributed by atoms with Gasteiger partial charge in [0.2, 0.25) is 10.0 Å². The molecule has 0 aromatic heterocycles. The van der Waals surface area contributed by atoms with Crippen LogP contribution in [0.1, 0.15) is 6.92 Å². The smallest absolute Gasteiger partial charge is 0.341 e. The molecule has 1 aromatic carbocycles. The van der Waals surface area contributed by atoms with Crippen LogP contribution in [0, 0.1) is 0 Å². The summed E-state index contributed by atoms with van der Waals surface area (Å²) in [6.45, 7) is -0.308. The Hall–Kier alpha value is -1.68. The van der Waals surface area contributed by atoms with Crippen LogP contribution in [0.2, 0.25) is 0 Å². The lowest BCUT2D eigenvalue weighted by molar-refractivity contribution is -0.139. The van der Waals surface area contributed by atoms with E-state index >= 15 is 0 Å². The van der Waals surface area contributed by atoms with E-state index in [0.717, 1.165) is 0 Å². The Kier molecular flexibility index (Phi) is 5.67. The minimum atomic E-state index is -3.93. The van der Waals surface area contributed by atoms with E-state index in [4.69, 9.17) is 20.1 Å². The molecule has 0 aliphatic heterocycles. The lowest BCUT2D eigenvalue weighted by Crippen LogP contribution is -2.51. The normalized spacial score (nSPS) is 12.1. The van der Waals surface area contributed by atoms with Gasteiger partial charge in [-0.15, -0.1) is 0 Å². The van der Waals surface area contributed by atoms with E-state index in [2.05, 4.69) is 4.72 Å². The van der Waals surface area contributed by atoms with Crippen LogP contribution in [0.25, 0.3) is 0 Å². The number of sulfonamides is 1. The van der Waals surface area contributed by atoms with E-state index in [1.807, 2.05) is 0 Å². The third-order valence-corrected chi connectivity index (χ3v) is 4.23. The van der Waals surface area contributed by atoms with E-state index in [9.17, 15) is 13.2 Å². The molecule has 0 fully saturated rings. The van der Waals surface area contributed by atoms with Crippen molar-refractivity contribution in [2.75, 3.05) is 19.8 Å². The van der Waals surface area contributed by atoms with Crippen molar-refractivity contribution in [2.24, 2.45) is 0 Å². The molecule has 1 aromatic rings. The summed E-state index contributed by atoms with van der Waals surface area (Å²) in [7, 11) is -3.93. The topological polar surface area (TPSA) is 133 Å². The highest BCUT2D eigenvalue weighted by Gasteiger charge is 2.29. The fourth-order valence-electron chi connectivity index (χ4n) is 1.36. The standard InChI is InChI=1S/C12H17NO7S/c1-12(7-14,8-15)13-21(18,19)10-4-2-9(3-5-10)20-6-11(16)17/h2-5,13-15H,6-8H2,1H3,(H,16,17). The van der Waals surface area contributed by atoms with E-state index in [-0.39, 0.29) is 10.6 Å². The molecular weight excluding hydrogens is 302 g/mol. The Morgan fingerprint density at radius 1 is 1.24 bits per heavy atom. The number of nitrogens with one attached hydrogen (secondary N) is 1. The summed E-state index contributed by atoms with van der Waals surface area (Å²) in [6.07, 6.45) is 0. The van der Waals surface area contributed by atoms with Gasteiger partial charge in [0, 0.05) is 0 Å². The summed E-state index contributed by atoms with van der Waals surface area (Å²) in [4.78, 5) is 10.2. The first-order valence-electron chi connectivity index (χ1n) is 5.93. The van der Waals surface area contributed by atoms with Crippen molar-refractivity contribution < 1.29 is 33.3 Å². The zero-order chi connectivity index (χ0) is 16.1. The molecule has 118 valence electrons. The Balaban J connectivity index is 2.87. The van der Waals surface area contributed by atoms with Crippen molar-refractivity contribution in [2.45, 2.75) is 17.4 Å². The molecule has 0 spiro atoms. The van der Waals surface area contributed by atoms with Crippen LogP contribution in [0.4, 0.5) is 0 Å². The first-order chi connectivity index (χ1) is 9.72. The average molecular weight is 319 g/mol. The molecule has 9 heteroatoms. The monoisotopic (exact) mass is 319 g/mol. The van der Waals surface area contributed by atoms with Crippen LogP contribution in [-0.4, -0.2) is 55.1 Å². The minimum Gasteiger partial charge on any atom is -0.482 e. The predicted octanol–water partition coefficient (Wildman–Crippen LogP) is -0.828. The summed E-state index contributed by atoms with van der Waals surface area (Å²) in [5.41, 5.74) is -1.38. The van der Waals surface area contributed by atoms with E-state index in [1.165, 1.54) is 31.2 Å². The average Bonchev–Trinajstić information content (AvgIpc) is 2.45. The molecule has 0 heterocycles. The van der Waals surface area contributed by atoms with Crippen molar-refractivity contribution in [3.05, 3.63) is 24.3 Å². The van der Waals surface area contributed by atoms with E-state index in [1.54, 1.807) is 0 Å².